The van der Waals surface area contributed by atoms with E-state index >= 15 is 0 Å². The number of nitrogens with zero attached hydrogens (tertiary/aromatic N) is 3. The first-order chi connectivity index (χ1) is 9.95. The van der Waals surface area contributed by atoms with Gasteiger partial charge in [0.1, 0.15) is 12.0 Å². The predicted octanol–water partition coefficient (Wildman–Crippen LogP) is 0.660. The number of primary amides is 1. The van der Waals surface area contributed by atoms with E-state index < -0.39 is 4.92 Å². The third kappa shape index (κ3) is 4.12. The summed E-state index contributed by atoms with van der Waals surface area (Å²) in [6, 6.07) is 1.76. The Balaban J connectivity index is 1.91. The number of nitrogens with one attached hydrogen (secondary N) is 1. The summed E-state index contributed by atoms with van der Waals surface area (Å²) in [7, 11) is 0. The maximum absolute atomic E-state index is 10.9. The van der Waals surface area contributed by atoms with Crippen LogP contribution in [0.5, 0.6) is 0 Å². The van der Waals surface area contributed by atoms with Crippen LogP contribution in [0, 0.1) is 17.0 Å². The lowest BCUT2D eigenvalue weighted by atomic mass is 10.0. The molecule has 0 saturated carbocycles. The highest BCUT2D eigenvalue weighted by atomic mass is 16.6. The number of pyridine rings is 1. The molecule has 0 unspecified atom stereocenters. The van der Waals surface area contributed by atoms with Gasteiger partial charge in [0.15, 0.2) is 0 Å². The molecule has 8 heteroatoms. The number of amides is 1. The van der Waals surface area contributed by atoms with Crippen molar-refractivity contribution in [3.05, 3.63) is 27.9 Å². The van der Waals surface area contributed by atoms with Crippen LogP contribution in [0.15, 0.2) is 12.3 Å². The fourth-order valence-corrected chi connectivity index (χ4v) is 2.46. The summed E-state index contributed by atoms with van der Waals surface area (Å²) in [5.74, 6) is 0.364. The number of nitro groups is 1. The van der Waals surface area contributed by atoms with E-state index in [0.717, 1.165) is 31.5 Å². The van der Waals surface area contributed by atoms with Crippen LogP contribution in [0.25, 0.3) is 0 Å². The molecule has 1 fully saturated rings. The molecule has 1 aromatic rings. The van der Waals surface area contributed by atoms with Gasteiger partial charge >= 0.3 is 0 Å². The van der Waals surface area contributed by atoms with Crippen molar-refractivity contribution in [2.24, 2.45) is 5.73 Å². The van der Waals surface area contributed by atoms with E-state index in [1.807, 2.05) is 4.90 Å². The number of aromatic nitrogens is 1. The molecule has 3 N–H and O–H groups in total. The first kappa shape index (κ1) is 15.2. The highest BCUT2D eigenvalue weighted by Crippen LogP contribution is 2.21. The molecule has 1 amide bonds. The largest absolute Gasteiger partial charge is 0.369 e. The lowest BCUT2D eigenvalue weighted by Gasteiger charge is -2.31. The van der Waals surface area contributed by atoms with Gasteiger partial charge in [-0.2, -0.15) is 0 Å². The quantitative estimate of drug-likeness (QED) is 0.609. The Morgan fingerprint density at radius 3 is 2.76 bits per heavy atom. The third-order valence-electron chi connectivity index (χ3n) is 3.58. The molecule has 0 aromatic carbocycles. The van der Waals surface area contributed by atoms with Gasteiger partial charge in [-0.05, 0) is 25.3 Å². The smallest absolute Gasteiger partial charge is 0.287 e. The van der Waals surface area contributed by atoms with Gasteiger partial charge in [0.05, 0.1) is 11.5 Å². The minimum Gasteiger partial charge on any atom is -0.369 e. The first-order valence-electron chi connectivity index (χ1n) is 6.84. The molecule has 2 rings (SSSR count). The van der Waals surface area contributed by atoms with E-state index in [0.29, 0.717) is 12.4 Å². The summed E-state index contributed by atoms with van der Waals surface area (Å²) in [6.07, 6.45) is 3.02. The Morgan fingerprint density at radius 2 is 2.24 bits per heavy atom. The molecular formula is C13H19N5O3. The molecule has 0 spiro atoms. The first-order valence-corrected chi connectivity index (χ1v) is 6.84. The molecule has 0 radical (unpaired) electrons. The Bertz CT molecular complexity index is 541. The molecule has 1 aliphatic rings. The van der Waals surface area contributed by atoms with Gasteiger partial charge in [0.25, 0.3) is 5.69 Å². The molecular weight excluding hydrogens is 274 g/mol. The molecule has 8 nitrogen and oxygen atoms in total. The van der Waals surface area contributed by atoms with Gasteiger partial charge in [0.2, 0.25) is 5.91 Å². The number of carbonyl (C=O) groups excluding carboxylic acids is 1. The van der Waals surface area contributed by atoms with Crippen molar-refractivity contribution in [3.8, 4) is 0 Å². The maximum atomic E-state index is 10.9. The van der Waals surface area contributed by atoms with Crippen molar-refractivity contribution >= 4 is 17.4 Å². The van der Waals surface area contributed by atoms with Crippen LogP contribution in [0.4, 0.5) is 11.5 Å². The normalized spacial score (nSPS) is 16.6. The van der Waals surface area contributed by atoms with Crippen molar-refractivity contribution in [2.45, 2.75) is 25.8 Å². The zero-order valence-electron chi connectivity index (χ0n) is 11.9. The second kappa shape index (κ2) is 6.49. The topological polar surface area (TPSA) is 114 Å². The number of likely N-dealkylation sites (tertiary alicyclic amines) is 1. The van der Waals surface area contributed by atoms with Crippen LogP contribution in [0.2, 0.25) is 0 Å². The van der Waals surface area contributed by atoms with Gasteiger partial charge < -0.3 is 11.1 Å². The van der Waals surface area contributed by atoms with Gasteiger partial charge in [-0.3, -0.25) is 19.8 Å². The summed E-state index contributed by atoms with van der Waals surface area (Å²) >= 11 is 0. The lowest BCUT2D eigenvalue weighted by molar-refractivity contribution is -0.385. The van der Waals surface area contributed by atoms with Crippen LogP contribution in [-0.2, 0) is 4.79 Å². The molecule has 0 aliphatic carbocycles. The molecule has 0 atom stereocenters. The Kier molecular flexibility index (Phi) is 4.69. The second-order valence-electron chi connectivity index (χ2n) is 5.28. The fourth-order valence-electron chi connectivity index (χ4n) is 2.46. The number of hydrogen-bond acceptors (Lipinski definition) is 6. The highest BCUT2D eigenvalue weighted by Gasteiger charge is 2.21. The van der Waals surface area contributed by atoms with E-state index in [-0.39, 0.29) is 17.6 Å². The van der Waals surface area contributed by atoms with E-state index in [1.165, 1.54) is 12.3 Å². The summed E-state index contributed by atoms with van der Waals surface area (Å²) in [5, 5.41) is 14.0. The Morgan fingerprint density at radius 1 is 1.57 bits per heavy atom. The van der Waals surface area contributed by atoms with E-state index in [9.17, 15) is 14.9 Å². The van der Waals surface area contributed by atoms with Crippen LogP contribution in [0.1, 0.15) is 18.4 Å². The summed E-state index contributed by atoms with van der Waals surface area (Å²) in [4.78, 5) is 27.2. The zero-order valence-corrected chi connectivity index (χ0v) is 11.9. The standard InChI is InChI=1S/C13H19N5O3/c1-9-6-11(18(20)21)7-15-13(9)16-10-2-4-17(5-3-10)8-12(14)19/h6-7,10H,2-5,8H2,1H3,(H2,14,19)(H,15,16). The van der Waals surface area contributed by atoms with Gasteiger partial charge in [-0.25, -0.2) is 4.98 Å². The van der Waals surface area contributed by atoms with Crippen molar-refractivity contribution in [2.75, 3.05) is 25.0 Å². The fraction of sp³-hybridized carbons (Fsp3) is 0.538. The molecule has 1 saturated heterocycles. The molecule has 2 heterocycles. The summed E-state index contributed by atoms with van der Waals surface area (Å²) < 4.78 is 0. The van der Waals surface area contributed by atoms with Crippen molar-refractivity contribution in [1.29, 1.82) is 0 Å². The van der Waals surface area contributed by atoms with Gasteiger partial charge in [0, 0.05) is 25.2 Å². The van der Waals surface area contributed by atoms with Crippen LogP contribution in [-0.4, -0.2) is 46.4 Å². The number of hydrogen-bond donors (Lipinski definition) is 2. The third-order valence-corrected chi connectivity index (χ3v) is 3.58. The van der Waals surface area contributed by atoms with Crippen molar-refractivity contribution in [3.63, 3.8) is 0 Å². The zero-order chi connectivity index (χ0) is 15.4. The molecule has 1 aliphatic heterocycles. The second-order valence-corrected chi connectivity index (χ2v) is 5.28. The average molecular weight is 293 g/mol. The van der Waals surface area contributed by atoms with Crippen LogP contribution in [0.3, 0.4) is 0 Å². The van der Waals surface area contributed by atoms with Crippen LogP contribution < -0.4 is 11.1 Å². The van der Waals surface area contributed by atoms with Gasteiger partial charge in [-0.1, -0.05) is 0 Å². The molecule has 114 valence electrons. The SMILES string of the molecule is Cc1cc([N+](=O)[O-])cnc1NC1CCN(CC(N)=O)CC1. The minimum atomic E-state index is -0.452. The minimum absolute atomic E-state index is 0.00525. The highest BCUT2D eigenvalue weighted by molar-refractivity contribution is 5.75. The average Bonchev–Trinajstić information content (AvgIpc) is 2.42. The molecule has 21 heavy (non-hydrogen) atoms. The van der Waals surface area contributed by atoms with Crippen LogP contribution >= 0.6 is 0 Å². The number of nitrogens with two attached hydrogens (primary N) is 1. The number of anilines is 1. The van der Waals surface area contributed by atoms with Gasteiger partial charge in [-0.15, -0.1) is 0 Å². The van der Waals surface area contributed by atoms with Crippen molar-refractivity contribution in [1.82, 2.24) is 9.88 Å². The molecule has 1 aromatic heterocycles. The molecule has 0 bridgehead atoms. The number of rotatable bonds is 5. The summed E-state index contributed by atoms with van der Waals surface area (Å²) in [5.41, 5.74) is 5.93. The maximum Gasteiger partial charge on any atom is 0.287 e. The number of carbonyl (C=O) groups is 1. The van der Waals surface area contributed by atoms with E-state index in [4.69, 9.17) is 5.73 Å². The predicted molar refractivity (Wildman–Crippen MR) is 77.9 cm³/mol. The monoisotopic (exact) mass is 293 g/mol. The lowest BCUT2D eigenvalue weighted by Crippen LogP contribution is -2.43. The van der Waals surface area contributed by atoms with Crippen molar-refractivity contribution < 1.29 is 9.72 Å². The summed E-state index contributed by atoms with van der Waals surface area (Å²) in [6.45, 7) is 3.69. The number of aryl methyl sites for hydroxylation is 1. The Labute approximate surface area is 122 Å². The van der Waals surface area contributed by atoms with E-state index in [2.05, 4.69) is 10.3 Å². The Hall–Kier alpha value is -2.22. The van der Waals surface area contributed by atoms with E-state index in [1.54, 1.807) is 6.92 Å². The number of piperidine rings is 1.